The van der Waals surface area contributed by atoms with Crippen molar-refractivity contribution in [1.82, 2.24) is 20.1 Å². The van der Waals surface area contributed by atoms with E-state index in [0.29, 0.717) is 6.42 Å². The van der Waals surface area contributed by atoms with E-state index in [1.54, 1.807) is 0 Å². The molecular formula is C20H33N5O. The van der Waals surface area contributed by atoms with E-state index in [2.05, 4.69) is 38.0 Å². The number of aromatic nitrogens is 1. The average Bonchev–Trinajstić information content (AvgIpc) is 3.22. The number of carbonyl (C=O) groups is 1. The minimum Gasteiger partial charge on any atom is -0.357 e. The third kappa shape index (κ3) is 5.68. The number of amides is 1. The standard InChI is InChI=1S/C20H33N5O/c1-2-23-13-15-24(16-14-23)12-9-22-20(26)6-5-18-7-8-21-19(17-18)25-10-3-4-11-25/h7-8,17H,2-6,9-16H2,1H3,(H,22,26). The van der Waals surface area contributed by atoms with E-state index < -0.39 is 0 Å². The van der Waals surface area contributed by atoms with Crippen LogP contribution in [0.1, 0.15) is 31.7 Å². The third-order valence-corrected chi connectivity index (χ3v) is 5.54. The van der Waals surface area contributed by atoms with Gasteiger partial charge in [0.15, 0.2) is 0 Å². The molecule has 0 radical (unpaired) electrons. The Morgan fingerprint density at radius 3 is 2.58 bits per heavy atom. The molecule has 2 aliphatic rings. The number of anilines is 1. The maximum atomic E-state index is 12.1. The first-order valence-electron chi connectivity index (χ1n) is 10.2. The zero-order valence-electron chi connectivity index (χ0n) is 16.1. The highest BCUT2D eigenvalue weighted by Crippen LogP contribution is 2.19. The molecule has 1 aromatic heterocycles. The van der Waals surface area contributed by atoms with E-state index in [0.717, 1.165) is 71.1 Å². The Labute approximate surface area is 157 Å². The molecule has 0 spiro atoms. The van der Waals surface area contributed by atoms with Gasteiger partial charge < -0.3 is 15.1 Å². The van der Waals surface area contributed by atoms with Gasteiger partial charge in [-0.3, -0.25) is 9.69 Å². The number of hydrogen-bond acceptors (Lipinski definition) is 5. The summed E-state index contributed by atoms with van der Waals surface area (Å²) in [7, 11) is 0. The van der Waals surface area contributed by atoms with Crippen LogP contribution in [0.4, 0.5) is 5.82 Å². The van der Waals surface area contributed by atoms with Gasteiger partial charge in [0.2, 0.25) is 5.91 Å². The molecule has 2 aliphatic heterocycles. The van der Waals surface area contributed by atoms with Crippen molar-refractivity contribution < 1.29 is 4.79 Å². The number of carbonyl (C=O) groups excluding carboxylic acids is 1. The van der Waals surface area contributed by atoms with Gasteiger partial charge in [-0.1, -0.05) is 6.92 Å². The van der Waals surface area contributed by atoms with E-state index in [4.69, 9.17) is 0 Å². The minimum atomic E-state index is 0.150. The molecule has 0 aliphatic carbocycles. The smallest absolute Gasteiger partial charge is 0.220 e. The summed E-state index contributed by atoms with van der Waals surface area (Å²) in [6.07, 6.45) is 5.71. The highest BCUT2D eigenvalue weighted by atomic mass is 16.1. The Kier molecular flexibility index (Phi) is 7.26. The number of aryl methyl sites for hydroxylation is 1. The van der Waals surface area contributed by atoms with Crippen molar-refractivity contribution in [3.05, 3.63) is 23.9 Å². The molecule has 0 aromatic carbocycles. The zero-order valence-corrected chi connectivity index (χ0v) is 16.1. The van der Waals surface area contributed by atoms with Crippen molar-refractivity contribution in [1.29, 1.82) is 0 Å². The zero-order chi connectivity index (χ0) is 18.2. The number of rotatable bonds is 8. The van der Waals surface area contributed by atoms with Gasteiger partial charge in [0.1, 0.15) is 5.82 Å². The topological polar surface area (TPSA) is 51.7 Å². The van der Waals surface area contributed by atoms with Gasteiger partial charge in [-0.25, -0.2) is 4.98 Å². The van der Waals surface area contributed by atoms with Crippen LogP contribution in [0.5, 0.6) is 0 Å². The van der Waals surface area contributed by atoms with Gasteiger partial charge in [0.05, 0.1) is 0 Å². The van der Waals surface area contributed by atoms with Crippen LogP contribution in [-0.4, -0.2) is 79.6 Å². The van der Waals surface area contributed by atoms with Gasteiger partial charge in [0, 0.05) is 65.0 Å². The molecule has 0 atom stereocenters. The minimum absolute atomic E-state index is 0.150. The monoisotopic (exact) mass is 359 g/mol. The van der Waals surface area contributed by atoms with E-state index in [-0.39, 0.29) is 5.91 Å². The Bertz CT molecular complexity index is 565. The predicted molar refractivity (Wildman–Crippen MR) is 106 cm³/mol. The fourth-order valence-corrected chi connectivity index (χ4v) is 3.76. The molecule has 0 bridgehead atoms. The lowest BCUT2D eigenvalue weighted by atomic mass is 10.1. The summed E-state index contributed by atoms with van der Waals surface area (Å²) < 4.78 is 0. The van der Waals surface area contributed by atoms with E-state index in [9.17, 15) is 4.79 Å². The molecule has 0 saturated carbocycles. The Balaban J connectivity index is 1.33. The Morgan fingerprint density at radius 1 is 1.12 bits per heavy atom. The molecule has 0 unspecified atom stereocenters. The molecule has 2 saturated heterocycles. The largest absolute Gasteiger partial charge is 0.357 e. The number of nitrogens with zero attached hydrogens (tertiary/aromatic N) is 4. The van der Waals surface area contributed by atoms with E-state index in [1.165, 1.54) is 18.4 Å². The van der Waals surface area contributed by atoms with Gasteiger partial charge >= 0.3 is 0 Å². The van der Waals surface area contributed by atoms with Gasteiger partial charge in [-0.05, 0) is 43.5 Å². The summed E-state index contributed by atoms with van der Waals surface area (Å²) in [5, 5.41) is 3.07. The van der Waals surface area contributed by atoms with E-state index in [1.807, 2.05) is 12.3 Å². The molecule has 6 heteroatoms. The maximum Gasteiger partial charge on any atom is 0.220 e. The molecular weight excluding hydrogens is 326 g/mol. The highest BCUT2D eigenvalue weighted by molar-refractivity contribution is 5.76. The number of pyridine rings is 1. The number of hydrogen-bond donors (Lipinski definition) is 1. The molecule has 1 aromatic rings. The summed E-state index contributed by atoms with van der Waals surface area (Å²) in [6, 6.07) is 4.17. The van der Waals surface area contributed by atoms with E-state index >= 15 is 0 Å². The third-order valence-electron chi connectivity index (χ3n) is 5.54. The fraction of sp³-hybridized carbons (Fsp3) is 0.700. The van der Waals surface area contributed by atoms with Crippen LogP contribution in [0, 0.1) is 0 Å². The molecule has 6 nitrogen and oxygen atoms in total. The summed E-state index contributed by atoms with van der Waals surface area (Å²) in [5.41, 5.74) is 1.20. The molecule has 2 fully saturated rings. The first-order chi connectivity index (χ1) is 12.7. The second-order valence-electron chi connectivity index (χ2n) is 7.34. The van der Waals surface area contributed by atoms with Gasteiger partial charge in [-0.2, -0.15) is 0 Å². The van der Waals surface area contributed by atoms with Crippen molar-refractivity contribution >= 4 is 11.7 Å². The van der Waals surface area contributed by atoms with Crippen molar-refractivity contribution in [3.8, 4) is 0 Å². The summed E-state index contributed by atoms with van der Waals surface area (Å²) in [4.78, 5) is 23.9. The summed E-state index contributed by atoms with van der Waals surface area (Å²) >= 11 is 0. The van der Waals surface area contributed by atoms with Gasteiger partial charge in [-0.15, -0.1) is 0 Å². The lowest BCUT2D eigenvalue weighted by Crippen LogP contribution is -2.48. The van der Waals surface area contributed by atoms with Crippen LogP contribution in [0.2, 0.25) is 0 Å². The molecule has 1 N–H and O–H groups in total. The molecule has 3 heterocycles. The average molecular weight is 360 g/mol. The predicted octanol–water partition coefficient (Wildman–Crippen LogP) is 1.37. The normalized spacial score (nSPS) is 19.0. The lowest BCUT2D eigenvalue weighted by molar-refractivity contribution is -0.121. The maximum absolute atomic E-state index is 12.1. The van der Waals surface area contributed by atoms with Crippen LogP contribution in [0.25, 0.3) is 0 Å². The van der Waals surface area contributed by atoms with Gasteiger partial charge in [0.25, 0.3) is 0 Å². The number of likely N-dealkylation sites (N-methyl/N-ethyl adjacent to an activating group) is 1. The van der Waals surface area contributed by atoms with Crippen molar-refractivity contribution in [2.45, 2.75) is 32.6 Å². The second kappa shape index (κ2) is 9.88. The van der Waals surface area contributed by atoms with Crippen LogP contribution in [0.15, 0.2) is 18.3 Å². The van der Waals surface area contributed by atoms with Crippen LogP contribution < -0.4 is 10.2 Å². The van der Waals surface area contributed by atoms with Crippen molar-refractivity contribution in [3.63, 3.8) is 0 Å². The lowest BCUT2D eigenvalue weighted by Gasteiger charge is -2.33. The van der Waals surface area contributed by atoms with Crippen LogP contribution in [0.3, 0.4) is 0 Å². The highest BCUT2D eigenvalue weighted by Gasteiger charge is 2.15. The fourth-order valence-electron chi connectivity index (χ4n) is 3.76. The molecule has 3 rings (SSSR count). The molecule has 1 amide bonds. The number of piperazine rings is 1. The Hall–Kier alpha value is -1.66. The van der Waals surface area contributed by atoms with Crippen LogP contribution >= 0.6 is 0 Å². The Morgan fingerprint density at radius 2 is 1.85 bits per heavy atom. The first kappa shape index (κ1) is 19.1. The molecule has 144 valence electrons. The quantitative estimate of drug-likeness (QED) is 0.760. The van der Waals surface area contributed by atoms with Crippen molar-refractivity contribution in [2.75, 3.05) is 63.8 Å². The summed E-state index contributed by atoms with van der Waals surface area (Å²) in [5.74, 6) is 1.21. The second-order valence-corrected chi connectivity index (χ2v) is 7.34. The first-order valence-corrected chi connectivity index (χ1v) is 10.2. The molecule has 26 heavy (non-hydrogen) atoms. The summed E-state index contributed by atoms with van der Waals surface area (Å²) in [6.45, 7) is 11.8. The SMILES string of the molecule is CCN1CCN(CCNC(=O)CCc2ccnc(N3CCCC3)c2)CC1. The van der Waals surface area contributed by atoms with Crippen molar-refractivity contribution in [2.24, 2.45) is 0 Å². The van der Waals surface area contributed by atoms with Crippen LogP contribution in [-0.2, 0) is 11.2 Å². The number of nitrogens with one attached hydrogen (secondary N) is 1.